The van der Waals surface area contributed by atoms with Crippen LogP contribution in [0.5, 0.6) is 0 Å². The number of aliphatic imine (C=N–C) groups is 1. The highest BCUT2D eigenvalue weighted by molar-refractivity contribution is 14.0. The van der Waals surface area contributed by atoms with Crippen LogP contribution < -0.4 is 16.0 Å². The van der Waals surface area contributed by atoms with Crippen LogP contribution in [-0.2, 0) is 4.79 Å². The van der Waals surface area contributed by atoms with Gasteiger partial charge in [-0.25, -0.2) is 0 Å². The number of amides is 1. The Labute approximate surface area is 195 Å². The Morgan fingerprint density at radius 2 is 1.76 bits per heavy atom. The van der Waals surface area contributed by atoms with Crippen molar-refractivity contribution in [3.8, 4) is 0 Å². The third-order valence-electron chi connectivity index (χ3n) is 5.98. The normalized spacial score (nSPS) is 19.0. The summed E-state index contributed by atoms with van der Waals surface area (Å²) in [6, 6.07) is 0.450. The molecule has 0 radical (unpaired) electrons. The topological polar surface area (TPSA) is 68.8 Å². The molecule has 0 aromatic rings. The Bertz CT molecular complexity index is 460. The van der Waals surface area contributed by atoms with Crippen LogP contribution in [-0.4, -0.2) is 62.1 Å². The quantitative estimate of drug-likeness (QED) is 0.169. The van der Waals surface area contributed by atoms with Gasteiger partial charge in [0.15, 0.2) is 5.96 Å². The fourth-order valence-electron chi connectivity index (χ4n) is 4.31. The monoisotopic (exact) mass is 521 g/mol. The van der Waals surface area contributed by atoms with E-state index in [1.54, 1.807) is 0 Å². The fraction of sp³-hybridized carbons (Fsp3) is 0.909. The predicted octanol–water partition coefficient (Wildman–Crippen LogP) is 3.51. The number of nitrogens with zero attached hydrogens (tertiary/aromatic N) is 2. The average molecular weight is 522 g/mol. The second kappa shape index (κ2) is 16.2. The van der Waals surface area contributed by atoms with Gasteiger partial charge in [-0.15, -0.1) is 24.0 Å². The first kappa shape index (κ1) is 26.5. The zero-order valence-corrected chi connectivity index (χ0v) is 21.0. The van der Waals surface area contributed by atoms with Gasteiger partial charge in [0.05, 0.1) is 6.54 Å². The first-order valence-electron chi connectivity index (χ1n) is 11.7. The van der Waals surface area contributed by atoms with Crippen molar-refractivity contribution < 1.29 is 4.79 Å². The van der Waals surface area contributed by atoms with Crippen molar-refractivity contribution in [1.29, 1.82) is 0 Å². The molecule has 0 aromatic heterocycles. The zero-order valence-electron chi connectivity index (χ0n) is 18.7. The number of carbonyl (C=O) groups is 1. The number of piperidine rings is 1. The van der Waals surface area contributed by atoms with Crippen LogP contribution in [0.15, 0.2) is 4.99 Å². The molecule has 0 unspecified atom stereocenters. The van der Waals surface area contributed by atoms with Gasteiger partial charge in [0.2, 0.25) is 5.91 Å². The van der Waals surface area contributed by atoms with E-state index >= 15 is 0 Å². The maximum atomic E-state index is 11.9. The average Bonchev–Trinajstić information content (AvgIpc) is 3.21. The highest BCUT2D eigenvalue weighted by Crippen LogP contribution is 2.28. The largest absolute Gasteiger partial charge is 0.357 e. The van der Waals surface area contributed by atoms with Crippen molar-refractivity contribution >= 4 is 35.8 Å². The Hall–Kier alpha value is -0.570. The molecule has 0 bridgehead atoms. The summed E-state index contributed by atoms with van der Waals surface area (Å²) in [5.41, 5.74) is 0. The molecule has 2 rings (SSSR count). The molecule has 29 heavy (non-hydrogen) atoms. The SMILES string of the molecule is CCCNC(=O)CN1CCC(NC(=NCCCCC2CCCC2)NCC)CC1.I. The molecule has 2 aliphatic rings. The van der Waals surface area contributed by atoms with Crippen LogP contribution in [0.2, 0.25) is 0 Å². The molecule has 3 N–H and O–H groups in total. The Kier molecular flexibility index (Phi) is 14.8. The number of carbonyl (C=O) groups excluding carboxylic acids is 1. The van der Waals surface area contributed by atoms with E-state index in [0.717, 1.165) is 63.9 Å². The van der Waals surface area contributed by atoms with Gasteiger partial charge < -0.3 is 16.0 Å². The van der Waals surface area contributed by atoms with E-state index < -0.39 is 0 Å². The van der Waals surface area contributed by atoms with Gasteiger partial charge in [0.1, 0.15) is 0 Å². The molecule has 1 saturated heterocycles. The molecule has 0 spiro atoms. The molecular formula is C22H44IN5O. The summed E-state index contributed by atoms with van der Waals surface area (Å²) in [7, 11) is 0. The van der Waals surface area contributed by atoms with E-state index in [4.69, 9.17) is 4.99 Å². The maximum absolute atomic E-state index is 11.9. The Balaban J connectivity index is 0.00000420. The second-order valence-electron chi connectivity index (χ2n) is 8.45. The van der Waals surface area contributed by atoms with Gasteiger partial charge in [-0.2, -0.15) is 0 Å². The maximum Gasteiger partial charge on any atom is 0.234 e. The summed E-state index contributed by atoms with van der Waals surface area (Å²) in [5, 5.41) is 9.96. The van der Waals surface area contributed by atoms with E-state index in [1.165, 1.54) is 44.9 Å². The molecule has 1 aliphatic carbocycles. The minimum absolute atomic E-state index is 0. The summed E-state index contributed by atoms with van der Waals surface area (Å²) >= 11 is 0. The van der Waals surface area contributed by atoms with Gasteiger partial charge >= 0.3 is 0 Å². The molecule has 2 fully saturated rings. The number of rotatable bonds is 11. The molecular weight excluding hydrogens is 477 g/mol. The minimum Gasteiger partial charge on any atom is -0.357 e. The van der Waals surface area contributed by atoms with Crippen molar-refractivity contribution in [2.45, 2.75) is 84.1 Å². The molecule has 1 saturated carbocycles. The number of guanidine groups is 1. The van der Waals surface area contributed by atoms with Gasteiger partial charge in [0, 0.05) is 38.8 Å². The number of hydrogen-bond donors (Lipinski definition) is 3. The molecule has 0 atom stereocenters. The molecule has 1 amide bonds. The van der Waals surface area contributed by atoms with Crippen molar-refractivity contribution in [3.63, 3.8) is 0 Å². The molecule has 6 nitrogen and oxygen atoms in total. The summed E-state index contributed by atoms with van der Waals surface area (Å²) in [6.07, 6.45) is 12.8. The number of hydrogen-bond acceptors (Lipinski definition) is 3. The third kappa shape index (κ3) is 11.4. The Morgan fingerprint density at radius 1 is 1.03 bits per heavy atom. The number of likely N-dealkylation sites (tertiary alicyclic amines) is 1. The molecule has 1 heterocycles. The van der Waals surface area contributed by atoms with Crippen molar-refractivity contribution in [3.05, 3.63) is 0 Å². The van der Waals surface area contributed by atoms with Crippen LogP contribution >= 0.6 is 24.0 Å². The number of halogens is 1. The third-order valence-corrected chi connectivity index (χ3v) is 5.98. The molecule has 0 aromatic carbocycles. The van der Waals surface area contributed by atoms with Gasteiger partial charge in [-0.1, -0.05) is 45.4 Å². The second-order valence-corrected chi connectivity index (χ2v) is 8.45. The summed E-state index contributed by atoms with van der Waals surface area (Å²) in [5.74, 6) is 2.10. The van der Waals surface area contributed by atoms with Crippen LogP contribution in [0.1, 0.15) is 78.1 Å². The lowest BCUT2D eigenvalue weighted by Gasteiger charge is -2.32. The van der Waals surface area contributed by atoms with E-state index in [2.05, 4.69) is 34.7 Å². The van der Waals surface area contributed by atoms with E-state index in [1.807, 2.05) is 0 Å². The Morgan fingerprint density at radius 3 is 2.41 bits per heavy atom. The zero-order chi connectivity index (χ0) is 20.0. The highest BCUT2D eigenvalue weighted by Gasteiger charge is 2.21. The van der Waals surface area contributed by atoms with Gasteiger partial charge in [-0.3, -0.25) is 14.7 Å². The number of nitrogens with one attached hydrogen (secondary N) is 3. The highest BCUT2D eigenvalue weighted by atomic mass is 127. The fourth-order valence-corrected chi connectivity index (χ4v) is 4.31. The van der Waals surface area contributed by atoms with Crippen LogP contribution in [0.3, 0.4) is 0 Å². The molecule has 7 heteroatoms. The lowest BCUT2D eigenvalue weighted by atomic mass is 10.0. The van der Waals surface area contributed by atoms with Gasteiger partial charge in [-0.05, 0) is 38.5 Å². The minimum atomic E-state index is 0. The van der Waals surface area contributed by atoms with E-state index in [9.17, 15) is 4.79 Å². The number of unbranched alkanes of at least 4 members (excludes halogenated alkanes) is 1. The predicted molar refractivity (Wildman–Crippen MR) is 133 cm³/mol. The molecule has 170 valence electrons. The summed E-state index contributed by atoms with van der Waals surface area (Å²) in [4.78, 5) is 18.9. The van der Waals surface area contributed by atoms with E-state index in [-0.39, 0.29) is 29.9 Å². The smallest absolute Gasteiger partial charge is 0.234 e. The first-order chi connectivity index (χ1) is 13.7. The van der Waals surface area contributed by atoms with Gasteiger partial charge in [0.25, 0.3) is 0 Å². The first-order valence-corrected chi connectivity index (χ1v) is 11.7. The van der Waals surface area contributed by atoms with Crippen molar-refractivity contribution in [2.75, 3.05) is 39.3 Å². The summed E-state index contributed by atoms with van der Waals surface area (Å²) in [6.45, 7) is 9.26. The van der Waals surface area contributed by atoms with Crippen molar-refractivity contribution in [2.24, 2.45) is 10.9 Å². The van der Waals surface area contributed by atoms with Crippen molar-refractivity contribution in [1.82, 2.24) is 20.9 Å². The van der Waals surface area contributed by atoms with Crippen LogP contribution in [0, 0.1) is 5.92 Å². The summed E-state index contributed by atoms with van der Waals surface area (Å²) < 4.78 is 0. The van der Waals surface area contributed by atoms with E-state index in [0.29, 0.717) is 12.6 Å². The van der Waals surface area contributed by atoms with Crippen LogP contribution in [0.25, 0.3) is 0 Å². The lowest BCUT2D eigenvalue weighted by molar-refractivity contribution is -0.122. The van der Waals surface area contributed by atoms with Crippen LogP contribution in [0.4, 0.5) is 0 Å². The standard InChI is InChI=1S/C22H43N5O.HI/c1-3-14-24-21(28)18-27-16-12-20(13-17-27)26-22(23-4-2)25-15-8-7-11-19-9-5-6-10-19;/h19-20H,3-18H2,1-2H3,(H,24,28)(H2,23,25,26);1H. The molecule has 1 aliphatic heterocycles. The lowest BCUT2D eigenvalue weighted by Crippen LogP contribution is -2.50.